The summed E-state index contributed by atoms with van der Waals surface area (Å²) in [5, 5.41) is 0. The van der Waals surface area contributed by atoms with E-state index in [1.165, 1.54) is 23.3 Å². The van der Waals surface area contributed by atoms with Gasteiger partial charge in [-0.3, -0.25) is 4.79 Å². The highest BCUT2D eigenvalue weighted by molar-refractivity contribution is 7.14. The third-order valence-corrected chi connectivity index (χ3v) is 4.95. The van der Waals surface area contributed by atoms with Gasteiger partial charge in [0, 0.05) is 4.88 Å². The molecule has 2 nitrogen and oxygen atoms in total. The van der Waals surface area contributed by atoms with E-state index in [1.54, 1.807) is 11.3 Å². The number of fused-ring (bicyclic) bond motifs is 1. The topological polar surface area (TPSA) is 26.3 Å². The number of ketones is 1. The van der Waals surface area contributed by atoms with E-state index in [1.807, 2.05) is 38.1 Å². The second kappa shape index (κ2) is 6.02. The van der Waals surface area contributed by atoms with Gasteiger partial charge in [0.05, 0.1) is 16.5 Å². The highest BCUT2D eigenvalue weighted by Gasteiger charge is 2.20. The number of hydrogen-bond acceptors (Lipinski definition) is 3. The Labute approximate surface area is 129 Å². The van der Waals surface area contributed by atoms with Crippen LogP contribution in [0.25, 0.3) is 0 Å². The maximum atomic E-state index is 12.8. The molecule has 2 aromatic rings. The fourth-order valence-corrected chi connectivity index (χ4v) is 3.95. The lowest BCUT2D eigenvalue weighted by Crippen LogP contribution is -2.10. The lowest BCUT2D eigenvalue weighted by atomic mass is 9.98. The average molecular weight is 300 g/mol. The molecule has 0 fully saturated rings. The van der Waals surface area contributed by atoms with Gasteiger partial charge in [-0.2, -0.15) is 0 Å². The quantitative estimate of drug-likeness (QED) is 0.769. The zero-order valence-electron chi connectivity index (χ0n) is 12.5. The average Bonchev–Trinajstić information content (AvgIpc) is 2.90. The first-order valence-corrected chi connectivity index (χ1v) is 8.39. The Morgan fingerprint density at radius 1 is 1.19 bits per heavy atom. The van der Waals surface area contributed by atoms with Crippen LogP contribution in [0.4, 0.5) is 0 Å². The molecule has 0 amide bonds. The highest BCUT2D eigenvalue weighted by atomic mass is 32.1. The Morgan fingerprint density at radius 2 is 1.95 bits per heavy atom. The van der Waals surface area contributed by atoms with Crippen LogP contribution < -0.4 is 4.74 Å². The van der Waals surface area contributed by atoms with Crippen LogP contribution in [0, 0.1) is 0 Å². The summed E-state index contributed by atoms with van der Waals surface area (Å²) >= 11 is 1.66. The van der Waals surface area contributed by atoms with Crippen LogP contribution in [0.2, 0.25) is 0 Å². The molecule has 1 heterocycles. The van der Waals surface area contributed by atoms with E-state index in [0.29, 0.717) is 11.3 Å². The molecular formula is C18H20O2S. The van der Waals surface area contributed by atoms with Crippen molar-refractivity contribution < 1.29 is 9.53 Å². The van der Waals surface area contributed by atoms with Gasteiger partial charge in [-0.15, -0.1) is 11.3 Å². The maximum Gasteiger partial charge on any atom is 0.206 e. The van der Waals surface area contributed by atoms with E-state index in [2.05, 4.69) is 6.07 Å². The number of carbonyl (C=O) groups is 1. The predicted octanol–water partition coefficient (Wildman–Crippen LogP) is 4.65. The number of ether oxygens (including phenoxy) is 1. The number of hydrogen-bond donors (Lipinski definition) is 0. The summed E-state index contributed by atoms with van der Waals surface area (Å²) in [4.78, 5) is 15.0. The molecule has 0 unspecified atom stereocenters. The van der Waals surface area contributed by atoms with Crippen molar-refractivity contribution in [3.05, 3.63) is 51.2 Å². The van der Waals surface area contributed by atoms with Gasteiger partial charge in [-0.05, 0) is 63.3 Å². The lowest BCUT2D eigenvalue weighted by Gasteiger charge is -2.12. The second-order valence-corrected chi connectivity index (χ2v) is 6.89. The molecule has 1 aliphatic carbocycles. The number of carbonyl (C=O) groups excluding carboxylic acids is 1. The third kappa shape index (κ3) is 3.03. The van der Waals surface area contributed by atoms with Crippen LogP contribution in [0.3, 0.4) is 0 Å². The molecular weight excluding hydrogens is 280 g/mol. The third-order valence-electron chi connectivity index (χ3n) is 3.71. The molecule has 0 atom stereocenters. The molecule has 0 radical (unpaired) electrons. The summed E-state index contributed by atoms with van der Waals surface area (Å²) in [6.45, 7) is 3.95. The monoisotopic (exact) mass is 300 g/mol. The van der Waals surface area contributed by atoms with Crippen LogP contribution in [0.1, 0.15) is 52.4 Å². The van der Waals surface area contributed by atoms with E-state index < -0.39 is 0 Å². The standard InChI is InChI=1S/C18H20O2S/c1-12(2)20-15-9-5-4-8-14(15)18(19)17-11-13-7-3-6-10-16(13)21-17/h4-5,8-9,11-12H,3,6-7,10H2,1-2H3. The van der Waals surface area contributed by atoms with E-state index in [-0.39, 0.29) is 11.9 Å². The molecule has 1 aliphatic rings. The van der Waals surface area contributed by atoms with Gasteiger partial charge in [0.1, 0.15) is 5.75 Å². The fraction of sp³-hybridized carbons (Fsp3) is 0.389. The van der Waals surface area contributed by atoms with Gasteiger partial charge in [-0.25, -0.2) is 0 Å². The minimum atomic E-state index is 0.0653. The maximum absolute atomic E-state index is 12.8. The first-order chi connectivity index (χ1) is 10.1. The molecule has 0 N–H and O–H groups in total. The molecule has 0 bridgehead atoms. The predicted molar refractivity (Wildman–Crippen MR) is 86.6 cm³/mol. The van der Waals surface area contributed by atoms with E-state index in [4.69, 9.17) is 4.74 Å². The Kier molecular flexibility index (Phi) is 4.11. The molecule has 0 aliphatic heterocycles. The van der Waals surface area contributed by atoms with Crippen molar-refractivity contribution in [1.82, 2.24) is 0 Å². The summed E-state index contributed by atoms with van der Waals surface area (Å²) in [6, 6.07) is 9.63. The van der Waals surface area contributed by atoms with Gasteiger partial charge in [0.25, 0.3) is 0 Å². The zero-order valence-corrected chi connectivity index (χ0v) is 13.3. The van der Waals surface area contributed by atoms with Gasteiger partial charge >= 0.3 is 0 Å². The molecule has 110 valence electrons. The van der Waals surface area contributed by atoms with Crippen LogP contribution in [-0.2, 0) is 12.8 Å². The van der Waals surface area contributed by atoms with Crippen LogP contribution in [0.15, 0.2) is 30.3 Å². The van der Waals surface area contributed by atoms with Gasteiger partial charge in [-0.1, -0.05) is 12.1 Å². The van der Waals surface area contributed by atoms with Crippen LogP contribution in [-0.4, -0.2) is 11.9 Å². The van der Waals surface area contributed by atoms with Crippen LogP contribution >= 0.6 is 11.3 Å². The Hall–Kier alpha value is -1.61. The fourth-order valence-electron chi connectivity index (χ4n) is 2.75. The first-order valence-electron chi connectivity index (χ1n) is 7.57. The lowest BCUT2D eigenvalue weighted by molar-refractivity contribution is 0.103. The summed E-state index contributed by atoms with van der Waals surface area (Å²) in [5.41, 5.74) is 2.04. The number of benzene rings is 1. The van der Waals surface area contributed by atoms with E-state index >= 15 is 0 Å². The second-order valence-electron chi connectivity index (χ2n) is 5.76. The summed E-state index contributed by atoms with van der Waals surface area (Å²) in [7, 11) is 0. The molecule has 1 aromatic carbocycles. The molecule has 0 spiro atoms. The zero-order chi connectivity index (χ0) is 14.8. The molecule has 0 saturated carbocycles. The van der Waals surface area contributed by atoms with Crippen molar-refractivity contribution in [2.24, 2.45) is 0 Å². The minimum absolute atomic E-state index is 0.0653. The SMILES string of the molecule is CC(C)Oc1ccccc1C(=O)c1cc2c(s1)CCCC2. The summed E-state index contributed by atoms with van der Waals surface area (Å²) in [6.07, 6.45) is 4.79. The van der Waals surface area contributed by atoms with Crippen molar-refractivity contribution in [2.45, 2.75) is 45.6 Å². The molecule has 0 saturated heterocycles. The minimum Gasteiger partial charge on any atom is -0.490 e. The van der Waals surface area contributed by atoms with Gasteiger partial charge in [0.2, 0.25) is 5.78 Å². The Balaban J connectivity index is 1.93. The Morgan fingerprint density at radius 3 is 2.71 bits per heavy atom. The van der Waals surface area contributed by atoms with Crippen molar-refractivity contribution in [3.63, 3.8) is 0 Å². The first kappa shape index (κ1) is 14.3. The molecule has 1 aromatic heterocycles. The molecule has 3 heteroatoms. The largest absolute Gasteiger partial charge is 0.490 e. The number of thiophene rings is 1. The highest BCUT2D eigenvalue weighted by Crippen LogP contribution is 2.32. The van der Waals surface area contributed by atoms with E-state index in [9.17, 15) is 4.79 Å². The van der Waals surface area contributed by atoms with Crippen molar-refractivity contribution in [3.8, 4) is 5.75 Å². The summed E-state index contributed by atoms with van der Waals surface area (Å²) < 4.78 is 5.77. The number of para-hydroxylation sites is 1. The number of rotatable bonds is 4. The normalized spacial score (nSPS) is 14.0. The van der Waals surface area contributed by atoms with Crippen LogP contribution in [0.5, 0.6) is 5.75 Å². The van der Waals surface area contributed by atoms with Crippen molar-refractivity contribution in [2.75, 3.05) is 0 Å². The van der Waals surface area contributed by atoms with Crippen molar-refractivity contribution in [1.29, 1.82) is 0 Å². The smallest absolute Gasteiger partial charge is 0.206 e. The molecule has 3 rings (SSSR count). The van der Waals surface area contributed by atoms with E-state index in [0.717, 1.165) is 17.7 Å². The van der Waals surface area contributed by atoms with Crippen molar-refractivity contribution >= 4 is 17.1 Å². The number of aryl methyl sites for hydroxylation is 2. The Bertz CT molecular complexity index is 631. The van der Waals surface area contributed by atoms with Gasteiger partial charge < -0.3 is 4.74 Å². The summed E-state index contributed by atoms with van der Waals surface area (Å²) in [5.74, 6) is 0.773. The van der Waals surface area contributed by atoms with Gasteiger partial charge in [0.15, 0.2) is 0 Å². The molecule has 21 heavy (non-hydrogen) atoms.